The minimum absolute atomic E-state index is 0.00578. The number of thiazole rings is 1. The lowest BCUT2D eigenvalue weighted by Crippen LogP contribution is -2.17. The molecule has 0 bridgehead atoms. The van der Waals surface area contributed by atoms with Gasteiger partial charge in [-0.2, -0.15) is 18.3 Å². The van der Waals surface area contributed by atoms with Crippen LogP contribution in [-0.4, -0.2) is 31.4 Å². The minimum Gasteiger partial charge on any atom is -0.323 e. The van der Waals surface area contributed by atoms with Gasteiger partial charge in [0.25, 0.3) is 0 Å². The van der Waals surface area contributed by atoms with Gasteiger partial charge in [0.15, 0.2) is 4.34 Å². The Morgan fingerprint density at radius 1 is 1.38 bits per heavy atom. The number of nitrogens with zero attached hydrogens (tertiary/aromatic N) is 4. The first-order chi connectivity index (χ1) is 12.3. The molecule has 0 saturated heterocycles. The summed E-state index contributed by atoms with van der Waals surface area (Å²) in [4.78, 5) is 20.2. The Kier molecular flexibility index (Phi) is 5.28. The van der Waals surface area contributed by atoms with Crippen molar-refractivity contribution in [3.8, 4) is 5.69 Å². The van der Waals surface area contributed by atoms with E-state index in [2.05, 4.69) is 20.4 Å². The Hall–Kier alpha value is -2.40. The van der Waals surface area contributed by atoms with Crippen molar-refractivity contribution in [1.29, 1.82) is 0 Å². The molecule has 1 aromatic carbocycles. The molecule has 0 spiro atoms. The number of aryl methyl sites for hydroxylation is 1. The van der Waals surface area contributed by atoms with Crippen molar-refractivity contribution in [2.75, 3.05) is 11.1 Å². The van der Waals surface area contributed by atoms with Crippen LogP contribution in [0.1, 0.15) is 11.3 Å². The molecule has 26 heavy (non-hydrogen) atoms. The molecule has 136 valence electrons. The van der Waals surface area contributed by atoms with Crippen molar-refractivity contribution in [3.05, 3.63) is 47.5 Å². The second kappa shape index (κ2) is 7.46. The highest BCUT2D eigenvalue weighted by molar-refractivity contribution is 8.01. The number of anilines is 1. The van der Waals surface area contributed by atoms with Crippen molar-refractivity contribution < 1.29 is 18.0 Å². The van der Waals surface area contributed by atoms with E-state index < -0.39 is 17.6 Å². The fourth-order valence-electron chi connectivity index (χ4n) is 2.06. The summed E-state index contributed by atoms with van der Waals surface area (Å²) in [6.07, 6.45) is -1.93. The van der Waals surface area contributed by atoms with Crippen molar-refractivity contribution in [3.63, 3.8) is 0 Å². The molecule has 2 heterocycles. The maximum Gasteiger partial charge on any atom is 0.416 e. The molecule has 0 aliphatic rings. The molecule has 0 fully saturated rings. The molecule has 0 unspecified atom stereocenters. The summed E-state index contributed by atoms with van der Waals surface area (Å²) in [5, 5.41) is 8.28. The molecule has 11 heteroatoms. The molecule has 1 N–H and O–H groups in total. The van der Waals surface area contributed by atoms with Gasteiger partial charge in [-0.25, -0.2) is 14.6 Å². The van der Waals surface area contributed by atoms with Crippen LogP contribution in [0.2, 0.25) is 0 Å². The average Bonchev–Trinajstić information content (AvgIpc) is 3.24. The van der Waals surface area contributed by atoms with Crippen LogP contribution in [0.3, 0.4) is 0 Å². The van der Waals surface area contributed by atoms with Crippen LogP contribution >= 0.6 is 23.1 Å². The number of rotatable bonds is 5. The molecular weight excluding hydrogens is 387 g/mol. The van der Waals surface area contributed by atoms with E-state index in [1.807, 2.05) is 12.3 Å². The number of amides is 1. The van der Waals surface area contributed by atoms with Crippen molar-refractivity contribution in [2.45, 2.75) is 17.4 Å². The van der Waals surface area contributed by atoms with Crippen molar-refractivity contribution in [2.24, 2.45) is 0 Å². The lowest BCUT2D eigenvalue weighted by atomic mass is 10.1. The molecular formula is C15H12F3N5OS2. The molecule has 0 saturated carbocycles. The summed E-state index contributed by atoms with van der Waals surface area (Å²) < 4.78 is 41.0. The summed E-state index contributed by atoms with van der Waals surface area (Å²) >= 11 is 2.63. The van der Waals surface area contributed by atoms with Gasteiger partial charge in [0, 0.05) is 11.1 Å². The van der Waals surface area contributed by atoms with Gasteiger partial charge in [0.05, 0.1) is 22.7 Å². The topological polar surface area (TPSA) is 72.7 Å². The maximum absolute atomic E-state index is 13.0. The SMILES string of the molecule is Cc1csc(SCC(=O)Nc2cc(C(F)(F)F)ccc2-n2cncn2)n1. The zero-order valence-electron chi connectivity index (χ0n) is 13.3. The highest BCUT2D eigenvalue weighted by atomic mass is 32.2. The lowest BCUT2D eigenvalue weighted by Gasteiger charge is -2.14. The predicted octanol–water partition coefficient (Wildman–Crippen LogP) is 3.78. The number of hydrogen-bond acceptors (Lipinski definition) is 6. The van der Waals surface area contributed by atoms with E-state index in [0.29, 0.717) is 5.69 Å². The van der Waals surface area contributed by atoms with E-state index >= 15 is 0 Å². The van der Waals surface area contributed by atoms with E-state index in [4.69, 9.17) is 0 Å². The third kappa shape index (κ3) is 4.41. The smallest absolute Gasteiger partial charge is 0.323 e. The summed E-state index contributed by atoms with van der Waals surface area (Å²) in [5.41, 5.74) is 0.286. The van der Waals surface area contributed by atoms with Gasteiger partial charge >= 0.3 is 6.18 Å². The number of halogens is 3. The molecule has 3 aromatic rings. The first-order valence-corrected chi connectivity index (χ1v) is 9.10. The Morgan fingerprint density at radius 2 is 2.19 bits per heavy atom. The second-order valence-electron chi connectivity index (χ2n) is 5.16. The van der Waals surface area contributed by atoms with Crippen molar-refractivity contribution >= 4 is 34.7 Å². The molecule has 1 amide bonds. The van der Waals surface area contributed by atoms with E-state index in [-0.39, 0.29) is 11.4 Å². The Bertz CT molecular complexity index is 908. The van der Waals surface area contributed by atoms with Crippen LogP contribution in [0, 0.1) is 6.92 Å². The zero-order valence-corrected chi connectivity index (χ0v) is 15.0. The monoisotopic (exact) mass is 399 g/mol. The average molecular weight is 399 g/mol. The van der Waals surface area contributed by atoms with Crippen LogP contribution < -0.4 is 5.32 Å². The largest absolute Gasteiger partial charge is 0.416 e. The Balaban J connectivity index is 1.80. The molecule has 3 rings (SSSR count). The van der Waals surface area contributed by atoms with Gasteiger partial charge in [-0.15, -0.1) is 11.3 Å². The van der Waals surface area contributed by atoms with E-state index in [1.54, 1.807) is 0 Å². The summed E-state index contributed by atoms with van der Waals surface area (Å²) in [6.45, 7) is 1.84. The summed E-state index contributed by atoms with van der Waals surface area (Å²) in [5.74, 6) is -0.413. The second-order valence-corrected chi connectivity index (χ2v) is 7.24. The van der Waals surface area contributed by atoms with Gasteiger partial charge in [-0.05, 0) is 25.1 Å². The van der Waals surface area contributed by atoms with Crippen LogP contribution in [-0.2, 0) is 11.0 Å². The molecule has 0 atom stereocenters. The van der Waals surface area contributed by atoms with Crippen LogP contribution in [0.15, 0.2) is 40.6 Å². The number of thioether (sulfide) groups is 1. The molecule has 2 aromatic heterocycles. The lowest BCUT2D eigenvalue weighted by molar-refractivity contribution is -0.137. The fraction of sp³-hybridized carbons (Fsp3) is 0.200. The van der Waals surface area contributed by atoms with Crippen LogP contribution in [0.4, 0.5) is 18.9 Å². The number of hydrogen-bond donors (Lipinski definition) is 1. The molecule has 0 aliphatic carbocycles. The molecule has 0 aliphatic heterocycles. The van der Waals surface area contributed by atoms with Crippen LogP contribution in [0.5, 0.6) is 0 Å². The number of benzene rings is 1. The standard InChI is InChI=1S/C15H12F3N5OS2/c1-9-5-25-14(21-9)26-6-13(24)22-11-4-10(15(16,17)18)2-3-12(11)23-8-19-7-20-23/h2-5,7-8H,6H2,1H3,(H,22,24). The highest BCUT2D eigenvalue weighted by Gasteiger charge is 2.31. The third-order valence-corrected chi connectivity index (χ3v) is 5.33. The highest BCUT2D eigenvalue weighted by Crippen LogP contribution is 2.33. The minimum atomic E-state index is -4.52. The zero-order chi connectivity index (χ0) is 18.7. The van der Waals surface area contributed by atoms with Gasteiger partial charge in [0.2, 0.25) is 5.91 Å². The van der Waals surface area contributed by atoms with Gasteiger partial charge in [0.1, 0.15) is 12.7 Å². The van der Waals surface area contributed by atoms with E-state index in [9.17, 15) is 18.0 Å². The van der Waals surface area contributed by atoms with Gasteiger partial charge < -0.3 is 5.32 Å². The summed E-state index contributed by atoms with van der Waals surface area (Å²) in [7, 11) is 0. The normalized spacial score (nSPS) is 11.5. The number of alkyl halides is 3. The van der Waals surface area contributed by atoms with Crippen LogP contribution in [0.25, 0.3) is 5.69 Å². The first-order valence-electron chi connectivity index (χ1n) is 7.24. The Labute approximate surface area is 154 Å². The fourth-order valence-corrected chi connectivity index (χ4v) is 3.71. The number of carbonyl (C=O) groups is 1. The number of carbonyl (C=O) groups excluding carboxylic acids is 1. The van der Waals surface area contributed by atoms with Gasteiger partial charge in [-0.1, -0.05) is 11.8 Å². The van der Waals surface area contributed by atoms with E-state index in [1.165, 1.54) is 46.5 Å². The maximum atomic E-state index is 13.0. The van der Waals surface area contributed by atoms with Gasteiger partial charge in [-0.3, -0.25) is 4.79 Å². The summed E-state index contributed by atoms with van der Waals surface area (Å²) in [6, 6.07) is 3.05. The Morgan fingerprint density at radius 3 is 2.81 bits per heavy atom. The third-order valence-electron chi connectivity index (χ3n) is 3.19. The quantitative estimate of drug-likeness (QED) is 0.661. The number of nitrogens with one attached hydrogen (secondary N) is 1. The number of aromatic nitrogens is 4. The molecule has 6 nitrogen and oxygen atoms in total. The first kappa shape index (κ1) is 18.4. The van der Waals surface area contributed by atoms with E-state index in [0.717, 1.165) is 22.2 Å². The van der Waals surface area contributed by atoms with Crippen molar-refractivity contribution in [1.82, 2.24) is 19.7 Å². The molecule has 0 radical (unpaired) electrons. The predicted molar refractivity (Wildman–Crippen MR) is 92.6 cm³/mol.